The molecule has 0 bridgehead atoms. The largest absolute Gasteiger partial charge is 0.289 e. The van der Waals surface area contributed by atoms with Crippen LogP contribution in [-0.2, 0) is 0 Å². The lowest BCUT2D eigenvalue weighted by Crippen LogP contribution is -1.97. The van der Waals surface area contributed by atoms with Crippen LogP contribution in [0.25, 0.3) is 33.0 Å². The maximum atomic E-state index is 13.2. The highest BCUT2D eigenvalue weighted by atomic mass is 35.5. The van der Waals surface area contributed by atoms with E-state index in [2.05, 4.69) is 30.3 Å². The topological polar surface area (TPSA) is 17.1 Å². The maximum Gasteiger partial charge on any atom is 0.194 e. The molecule has 5 rings (SSSR count). The lowest BCUT2D eigenvalue weighted by molar-refractivity contribution is 0.104. The Morgan fingerprint density at radius 1 is 0.600 bits per heavy atom. The predicted molar refractivity (Wildman–Crippen MR) is 103 cm³/mol. The fourth-order valence-electron chi connectivity index (χ4n) is 3.80. The molecular formula is C23H13ClO. The van der Waals surface area contributed by atoms with E-state index in [-0.39, 0.29) is 5.78 Å². The van der Waals surface area contributed by atoms with Gasteiger partial charge >= 0.3 is 0 Å². The number of fused-ring (bicyclic) bond motifs is 5. The van der Waals surface area contributed by atoms with Crippen LogP contribution in [0.3, 0.4) is 0 Å². The van der Waals surface area contributed by atoms with Crippen molar-refractivity contribution in [1.29, 1.82) is 0 Å². The summed E-state index contributed by atoms with van der Waals surface area (Å²) in [6.07, 6.45) is 0. The van der Waals surface area contributed by atoms with E-state index >= 15 is 0 Å². The van der Waals surface area contributed by atoms with Crippen LogP contribution in [0.1, 0.15) is 15.9 Å². The molecule has 0 N–H and O–H groups in total. The third-order valence-electron chi connectivity index (χ3n) is 4.89. The molecule has 1 aliphatic rings. The Kier molecular flexibility index (Phi) is 3.06. The van der Waals surface area contributed by atoms with Crippen molar-refractivity contribution >= 4 is 28.2 Å². The van der Waals surface area contributed by atoms with Gasteiger partial charge in [-0.2, -0.15) is 0 Å². The first-order chi connectivity index (χ1) is 12.3. The highest BCUT2D eigenvalue weighted by Crippen LogP contribution is 2.45. The molecule has 0 amide bonds. The Morgan fingerprint density at radius 2 is 1.36 bits per heavy atom. The van der Waals surface area contributed by atoms with E-state index in [1.165, 1.54) is 0 Å². The van der Waals surface area contributed by atoms with E-state index in [1.807, 2.05) is 48.5 Å². The van der Waals surface area contributed by atoms with Crippen LogP contribution in [0, 0.1) is 0 Å². The van der Waals surface area contributed by atoms with Gasteiger partial charge in [-0.15, -0.1) is 0 Å². The number of carbonyl (C=O) groups is 1. The van der Waals surface area contributed by atoms with E-state index in [9.17, 15) is 4.79 Å². The SMILES string of the molecule is O=C1c2cccc(Cl)c2-c2ccc3cccc(-c4ccccc4)c3c21. The second-order valence-corrected chi connectivity index (χ2v) is 6.66. The fourth-order valence-corrected chi connectivity index (χ4v) is 4.08. The molecule has 0 saturated heterocycles. The summed E-state index contributed by atoms with van der Waals surface area (Å²) >= 11 is 6.42. The van der Waals surface area contributed by atoms with E-state index in [1.54, 1.807) is 0 Å². The van der Waals surface area contributed by atoms with Crippen LogP contribution >= 0.6 is 11.6 Å². The summed E-state index contributed by atoms with van der Waals surface area (Å²) in [6.45, 7) is 0. The Labute approximate surface area is 150 Å². The third-order valence-corrected chi connectivity index (χ3v) is 5.20. The molecule has 0 fully saturated rings. The van der Waals surface area contributed by atoms with E-state index in [0.29, 0.717) is 10.6 Å². The summed E-state index contributed by atoms with van der Waals surface area (Å²) < 4.78 is 0. The molecule has 25 heavy (non-hydrogen) atoms. The van der Waals surface area contributed by atoms with E-state index in [0.717, 1.165) is 38.6 Å². The molecule has 0 heterocycles. The Bertz CT molecular complexity index is 1160. The molecule has 0 atom stereocenters. The summed E-state index contributed by atoms with van der Waals surface area (Å²) in [6, 6.07) is 26.0. The zero-order chi connectivity index (χ0) is 17.0. The van der Waals surface area contributed by atoms with Gasteiger partial charge in [-0.3, -0.25) is 4.79 Å². The Balaban J connectivity index is 1.93. The van der Waals surface area contributed by atoms with Crippen molar-refractivity contribution in [3.8, 4) is 22.3 Å². The van der Waals surface area contributed by atoms with Crippen molar-refractivity contribution in [2.24, 2.45) is 0 Å². The Hall–Kier alpha value is -2.90. The number of ketones is 1. The average molecular weight is 341 g/mol. The van der Waals surface area contributed by atoms with Crippen molar-refractivity contribution in [2.75, 3.05) is 0 Å². The second-order valence-electron chi connectivity index (χ2n) is 6.25. The van der Waals surface area contributed by atoms with Gasteiger partial charge in [-0.1, -0.05) is 84.4 Å². The molecule has 0 aromatic heterocycles. The average Bonchev–Trinajstić information content (AvgIpc) is 2.96. The number of hydrogen-bond donors (Lipinski definition) is 0. The fraction of sp³-hybridized carbons (Fsp3) is 0. The van der Waals surface area contributed by atoms with Gasteiger partial charge in [0, 0.05) is 27.1 Å². The van der Waals surface area contributed by atoms with E-state index in [4.69, 9.17) is 11.6 Å². The molecule has 2 heteroatoms. The number of halogens is 1. The summed E-state index contributed by atoms with van der Waals surface area (Å²) in [5, 5.41) is 2.70. The van der Waals surface area contributed by atoms with Crippen molar-refractivity contribution in [2.45, 2.75) is 0 Å². The van der Waals surface area contributed by atoms with Crippen molar-refractivity contribution in [3.63, 3.8) is 0 Å². The number of hydrogen-bond acceptors (Lipinski definition) is 1. The van der Waals surface area contributed by atoms with Crippen LogP contribution in [0.2, 0.25) is 5.02 Å². The molecule has 4 aromatic rings. The van der Waals surface area contributed by atoms with Crippen LogP contribution in [-0.4, -0.2) is 5.78 Å². The van der Waals surface area contributed by atoms with Gasteiger partial charge in [-0.25, -0.2) is 0 Å². The van der Waals surface area contributed by atoms with Gasteiger partial charge in [0.25, 0.3) is 0 Å². The van der Waals surface area contributed by atoms with Crippen LogP contribution in [0.15, 0.2) is 78.9 Å². The number of carbonyl (C=O) groups excluding carboxylic acids is 1. The van der Waals surface area contributed by atoms with Crippen LogP contribution < -0.4 is 0 Å². The molecular weight excluding hydrogens is 328 g/mol. The minimum absolute atomic E-state index is 0.0569. The first-order valence-corrected chi connectivity index (χ1v) is 8.58. The molecule has 0 radical (unpaired) electrons. The first-order valence-electron chi connectivity index (χ1n) is 8.20. The summed E-state index contributed by atoms with van der Waals surface area (Å²) in [4.78, 5) is 13.2. The lowest BCUT2D eigenvalue weighted by atomic mass is 9.92. The normalized spacial score (nSPS) is 12.3. The minimum atomic E-state index is 0.0569. The van der Waals surface area contributed by atoms with Gasteiger partial charge in [0.15, 0.2) is 5.78 Å². The van der Waals surface area contributed by atoms with Crippen LogP contribution in [0.5, 0.6) is 0 Å². The van der Waals surface area contributed by atoms with E-state index < -0.39 is 0 Å². The van der Waals surface area contributed by atoms with Gasteiger partial charge < -0.3 is 0 Å². The minimum Gasteiger partial charge on any atom is -0.289 e. The third kappa shape index (κ3) is 2.00. The van der Waals surface area contributed by atoms with Crippen LogP contribution in [0.4, 0.5) is 0 Å². The lowest BCUT2D eigenvalue weighted by Gasteiger charge is -2.11. The van der Waals surface area contributed by atoms with Gasteiger partial charge in [0.1, 0.15) is 0 Å². The smallest absolute Gasteiger partial charge is 0.194 e. The molecule has 0 unspecified atom stereocenters. The van der Waals surface area contributed by atoms with Crippen molar-refractivity contribution < 1.29 is 4.79 Å². The summed E-state index contributed by atoms with van der Waals surface area (Å²) in [7, 11) is 0. The molecule has 4 aromatic carbocycles. The predicted octanol–water partition coefficient (Wildman–Crippen LogP) is 6.37. The van der Waals surface area contributed by atoms with Gasteiger partial charge in [0.05, 0.1) is 0 Å². The summed E-state index contributed by atoms with van der Waals surface area (Å²) in [5.41, 5.74) is 5.43. The Morgan fingerprint density at radius 3 is 2.20 bits per heavy atom. The van der Waals surface area contributed by atoms with Crippen molar-refractivity contribution in [3.05, 3.63) is 95.0 Å². The first kappa shape index (κ1) is 14.4. The quantitative estimate of drug-likeness (QED) is 0.346. The second kappa shape index (κ2) is 5.30. The molecule has 0 spiro atoms. The standard InChI is InChI=1S/C23H13ClO/c24-19-11-5-10-18-21(19)17-13-12-15-8-4-9-16(14-6-2-1-3-7-14)20(15)22(17)23(18)25/h1-13H. The number of benzene rings is 4. The molecule has 118 valence electrons. The van der Waals surface area contributed by atoms with Crippen molar-refractivity contribution in [1.82, 2.24) is 0 Å². The van der Waals surface area contributed by atoms with Gasteiger partial charge in [-0.05, 0) is 28.1 Å². The monoisotopic (exact) mass is 340 g/mol. The molecule has 1 nitrogen and oxygen atoms in total. The number of rotatable bonds is 1. The zero-order valence-electron chi connectivity index (χ0n) is 13.3. The molecule has 0 saturated carbocycles. The van der Waals surface area contributed by atoms with Gasteiger partial charge in [0.2, 0.25) is 0 Å². The summed E-state index contributed by atoms with van der Waals surface area (Å²) in [5.74, 6) is 0.0569. The molecule has 0 aliphatic heterocycles. The highest BCUT2D eigenvalue weighted by molar-refractivity contribution is 6.38. The maximum absolute atomic E-state index is 13.2. The molecule has 1 aliphatic carbocycles. The highest BCUT2D eigenvalue weighted by Gasteiger charge is 2.31. The zero-order valence-corrected chi connectivity index (χ0v) is 14.0.